The molecule has 0 saturated heterocycles. The number of carbonyl (C=O) groups excluding carboxylic acids is 1. The van der Waals surface area contributed by atoms with E-state index in [1.54, 1.807) is 18.4 Å². The summed E-state index contributed by atoms with van der Waals surface area (Å²) in [7, 11) is 0. The Morgan fingerprint density at radius 3 is 2.77 bits per heavy atom. The van der Waals surface area contributed by atoms with Crippen molar-refractivity contribution >= 4 is 44.6 Å². The lowest BCUT2D eigenvalue weighted by Gasteiger charge is -2.08. The van der Waals surface area contributed by atoms with E-state index in [1.165, 1.54) is 35.6 Å². The Labute approximate surface area is 134 Å². The van der Waals surface area contributed by atoms with Crippen LogP contribution < -0.4 is 5.32 Å². The zero-order valence-corrected chi connectivity index (χ0v) is 13.0. The maximum absolute atomic E-state index is 13.6. The van der Waals surface area contributed by atoms with E-state index in [4.69, 9.17) is 11.6 Å². The van der Waals surface area contributed by atoms with Gasteiger partial charge in [0.05, 0.1) is 16.3 Å². The van der Waals surface area contributed by atoms with Crippen molar-refractivity contribution in [1.29, 1.82) is 0 Å². The molecule has 2 nitrogen and oxygen atoms in total. The molecular formula is C16H10ClF2NOS. The molecule has 0 unspecified atom stereocenters. The number of aryl methyl sites for hydroxylation is 1. The second kappa shape index (κ2) is 5.66. The van der Waals surface area contributed by atoms with E-state index in [-0.39, 0.29) is 16.5 Å². The molecule has 1 amide bonds. The third-order valence-electron chi connectivity index (χ3n) is 3.28. The normalized spacial score (nSPS) is 10.9. The van der Waals surface area contributed by atoms with Gasteiger partial charge in [0.2, 0.25) is 0 Å². The van der Waals surface area contributed by atoms with Crippen LogP contribution in [0.2, 0.25) is 5.02 Å². The van der Waals surface area contributed by atoms with Crippen LogP contribution in [0.1, 0.15) is 15.9 Å². The third kappa shape index (κ3) is 2.69. The number of nitrogens with one attached hydrogen (secondary N) is 1. The smallest absolute Gasteiger partial charge is 0.257 e. The van der Waals surface area contributed by atoms with Crippen LogP contribution in [0.25, 0.3) is 10.1 Å². The summed E-state index contributed by atoms with van der Waals surface area (Å²) in [6, 6.07) is 6.85. The van der Waals surface area contributed by atoms with Crippen molar-refractivity contribution < 1.29 is 13.6 Å². The third-order valence-corrected chi connectivity index (χ3v) is 4.54. The molecule has 0 fully saturated rings. The van der Waals surface area contributed by atoms with Crippen molar-refractivity contribution in [3.8, 4) is 0 Å². The fourth-order valence-corrected chi connectivity index (χ4v) is 3.34. The van der Waals surface area contributed by atoms with E-state index >= 15 is 0 Å². The Bertz CT molecular complexity index is 891. The highest BCUT2D eigenvalue weighted by Gasteiger charge is 2.15. The minimum Gasteiger partial charge on any atom is -0.320 e. The van der Waals surface area contributed by atoms with Crippen LogP contribution in [0.5, 0.6) is 0 Å². The maximum Gasteiger partial charge on any atom is 0.257 e. The second-order valence-electron chi connectivity index (χ2n) is 4.83. The van der Waals surface area contributed by atoms with Gasteiger partial charge in [0.15, 0.2) is 0 Å². The summed E-state index contributed by atoms with van der Waals surface area (Å²) < 4.78 is 27.4. The van der Waals surface area contributed by atoms with Crippen molar-refractivity contribution in [2.24, 2.45) is 0 Å². The summed E-state index contributed by atoms with van der Waals surface area (Å²) in [5.74, 6) is -1.22. The van der Waals surface area contributed by atoms with Gasteiger partial charge in [-0.2, -0.15) is 0 Å². The quantitative estimate of drug-likeness (QED) is 0.667. The van der Waals surface area contributed by atoms with Crippen molar-refractivity contribution in [1.82, 2.24) is 0 Å². The van der Waals surface area contributed by atoms with Gasteiger partial charge in [0, 0.05) is 15.5 Å². The highest BCUT2D eigenvalue weighted by Crippen LogP contribution is 2.29. The molecule has 1 heterocycles. The fraction of sp³-hybridized carbons (Fsp3) is 0.0625. The van der Waals surface area contributed by atoms with E-state index in [1.807, 2.05) is 0 Å². The molecular weight excluding hydrogens is 328 g/mol. The van der Waals surface area contributed by atoms with Crippen LogP contribution >= 0.6 is 22.9 Å². The highest BCUT2D eigenvalue weighted by atomic mass is 35.5. The van der Waals surface area contributed by atoms with Gasteiger partial charge in [-0.3, -0.25) is 4.79 Å². The van der Waals surface area contributed by atoms with Crippen LogP contribution in [0.4, 0.5) is 14.5 Å². The Balaban J connectivity index is 1.95. The number of amides is 1. The Morgan fingerprint density at radius 1 is 1.23 bits per heavy atom. The number of fused-ring (bicyclic) bond motifs is 1. The molecule has 0 saturated carbocycles. The Kier molecular flexibility index (Phi) is 3.85. The monoisotopic (exact) mass is 337 g/mol. The van der Waals surface area contributed by atoms with Gasteiger partial charge < -0.3 is 5.32 Å². The van der Waals surface area contributed by atoms with Gasteiger partial charge in [0.25, 0.3) is 5.91 Å². The Morgan fingerprint density at radius 2 is 2.00 bits per heavy atom. The predicted molar refractivity (Wildman–Crippen MR) is 85.9 cm³/mol. The van der Waals surface area contributed by atoms with E-state index in [0.29, 0.717) is 21.2 Å². The average Bonchev–Trinajstić information content (AvgIpc) is 2.87. The molecule has 0 bridgehead atoms. The zero-order valence-electron chi connectivity index (χ0n) is 11.4. The van der Waals surface area contributed by atoms with Crippen LogP contribution in [-0.2, 0) is 0 Å². The number of rotatable bonds is 2. The lowest BCUT2D eigenvalue weighted by molar-refractivity contribution is 0.102. The molecule has 1 N–H and O–H groups in total. The van der Waals surface area contributed by atoms with E-state index in [0.717, 1.165) is 0 Å². The first-order valence-electron chi connectivity index (χ1n) is 6.39. The number of halogens is 3. The van der Waals surface area contributed by atoms with Crippen LogP contribution in [0.15, 0.2) is 35.7 Å². The maximum atomic E-state index is 13.6. The molecule has 0 atom stereocenters. The van der Waals surface area contributed by atoms with Crippen molar-refractivity contribution in [2.75, 3.05) is 5.32 Å². The number of anilines is 1. The molecule has 0 aliphatic heterocycles. The van der Waals surface area contributed by atoms with Gasteiger partial charge in [0.1, 0.15) is 11.6 Å². The van der Waals surface area contributed by atoms with Crippen molar-refractivity contribution in [3.63, 3.8) is 0 Å². The zero-order chi connectivity index (χ0) is 15.9. The van der Waals surface area contributed by atoms with Gasteiger partial charge in [-0.15, -0.1) is 11.3 Å². The predicted octanol–water partition coefficient (Wildman–Crippen LogP) is 5.39. The van der Waals surface area contributed by atoms with Crippen LogP contribution in [0.3, 0.4) is 0 Å². The van der Waals surface area contributed by atoms with Crippen molar-refractivity contribution in [2.45, 2.75) is 6.92 Å². The largest absolute Gasteiger partial charge is 0.320 e. The minimum atomic E-state index is -0.447. The number of hydrogen-bond acceptors (Lipinski definition) is 2. The molecule has 0 radical (unpaired) electrons. The SMILES string of the molecule is Cc1cc(Cl)c(NC(=O)c2csc3cc(F)ccc23)cc1F. The lowest BCUT2D eigenvalue weighted by atomic mass is 10.1. The summed E-state index contributed by atoms with van der Waals surface area (Å²) in [6.07, 6.45) is 0. The molecule has 22 heavy (non-hydrogen) atoms. The van der Waals surface area contributed by atoms with E-state index in [2.05, 4.69) is 5.32 Å². The molecule has 112 valence electrons. The molecule has 6 heteroatoms. The van der Waals surface area contributed by atoms with Gasteiger partial charge in [-0.1, -0.05) is 11.6 Å². The number of carbonyl (C=O) groups is 1. The summed E-state index contributed by atoms with van der Waals surface area (Å²) in [6.45, 7) is 1.59. The first kappa shape index (κ1) is 14.9. The van der Waals surface area contributed by atoms with Gasteiger partial charge >= 0.3 is 0 Å². The molecule has 0 aliphatic rings. The standard InChI is InChI=1S/C16H10ClF2NOS/c1-8-4-12(17)14(6-13(8)19)20-16(21)11-7-22-15-5-9(18)2-3-10(11)15/h2-7H,1H3,(H,20,21). The number of benzene rings is 2. The first-order chi connectivity index (χ1) is 10.5. The molecule has 3 rings (SSSR count). The highest BCUT2D eigenvalue weighted by molar-refractivity contribution is 7.17. The molecule has 0 spiro atoms. The van der Waals surface area contributed by atoms with Crippen LogP contribution in [-0.4, -0.2) is 5.91 Å². The lowest BCUT2D eigenvalue weighted by Crippen LogP contribution is -2.12. The van der Waals surface area contributed by atoms with Crippen LogP contribution in [0, 0.1) is 18.6 Å². The topological polar surface area (TPSA) is 29.1 Å². The fourth-order valence-electron chi connectivity index (χ4n) is 2.11. The Hall–Kier alpha value is -1.98. The molecule has 3 aromatic rings. The number of thiophene rings is 1. The summed E-state index contributed by atoms with van der Waals surface area (Å²) in [4.78, 5) is 12.3. The minimum absolute atomic E-state index is 0.205. The first-order valence-corrected chi connectivity index (χ1v) is 7.65. The summed E-state index contributed by atoms with van der Waals surface area (Å²) in [5, 5.41) is 5.13. The second-order valence-corrected chi connectivity index (χ2v) is 6.14. The summed E-state index contributed by atoms with van der Waals surface area (Å²) >= 11 is 7.29. The van der Waals surface area contributed by atoms with Gasteiger partial charge in [-0.05, 0) is 42.8 Å². The number of hydrogen-bond donors (Lipinski definition) is 1. The average molecular weight is 338 g/mol. The van der Waals surface area contributed by atoms with Gasteiger partial charge in [-0.25, -0.2) is 8.78 Å². The molecule has 1 aromatic heterocycles. The molecule has 2 aromatic carbocycles. The van der Waals surface area contributed by atoms with E-state index < -0.39 is 11.7 Å². The molecule has 0 aliphatic carbocycles. The summed E-state index contributed by atoms with van der Waals surface area (Å²) in [5.41, 5.74) is 1.01. The van der Waals surface area contributed by atoms with Crippen molar-refractivity contribution in [3.05, 3.63) is 63.5 Å². The van der Waals surface area contributed by atoms with E-state index in [9.17, 15) is 13.6 Å².